The number of hydrogen-bond donors (Lipinski definition) is 2. The third kappa shape index (κ3) is 3.04. The quantitative estimate of drug-likeness (QED) is 0.837. The monoisotopic (exact) mass is 322 g/mol. The van der Waals surface area contributed by atoms with Crippen LogP contribution in [0.25, 0.3) is 0 Å². The summed E-state index contributed by atoms with van der Waals surface area (Å²) in [5, 5.41) is 5.83. The molecule has 2 aromatic rings. The molecule has 0 atom stereocenters. The minimum atomic E-state index is -0.945. The second-order valence-corrected chi connectivity index (χ2v) is 6.62. The van der Waals surface area contributed by atoms with E-state index in [0.717, 1.165) is 28.1 Å². The predicted molar refractivity (Wildman–Crippen MR) is 96.0 cm³/mol. The minimum Gasteiger partial charge on any atom is -0.325 e. The summed E-state index contributed by atoms with van der Waals surface area (Å²) in [5.41, 5.74) is 3.70. The summed E-state index contributed by atoms with van der Waals surface area (Å²) in [6.07, 6.45) is 1.17. The molecule has 1 aliphatic carbocycles. The van der Waals surface area contributed by atoms with Crippen LogP contribution in [0.5, 0.6) is 0 Å². The summed E-state index contributed by atoms with van der Waals surface area (Å²) < 4.78 is 0. The Kier molecular flexibility index (Phi) is 4.14. The zero-order valence-electron chi connectivity index (χ0n) is 14.3. The molecule has 2 amide bonds. The van der Waals surface area contributed by atoms with Crippen molar-refractivity contribution >= 4 is 23.2 Å². The molecule has 0 aromatic heterocycles. The van der Waals surface area contributed by atoms with Gasteiger partial charge in [0.25, 0.3) is 0 Å². The highest BCUT2D eigenvalue weighted by molar-refractivity contribution is 6.17. The summed E-state index contributed by atoms with van der Waals surface area (Å²) in [5.74, 6) is -0.445. The van der Waals surface area contributed by atoms with Crippen molar-refractivity contribution in [1.82, 2.24) is 0 Å². The van der Waals surface area contributed by atoms with Crippen LogP contribution in [-0.4, -0.2) is 11.8 Å². The Morgan fingerprint density at radius 3 is 1.92 bits per heavy atom. The number of benzene rings is 2. The fraction of sp³-hybridized carbons (Fsp3) is 0.300. The van der Waals surface area contributed by atoms with Gasteiger partial charge in [-0.3, -0.25) is 9.59 Å². The highest BCUT2D eigenvalue weighted by Crippen LogP contribution is 2.47. The highest BCUT2D eigenvalue weighted by Gasteiger charge is 2.56. The van der Waals surface area contributed by atoms with Crippen molar-refractivity contribution < 1.29 is 9.59 Å². The lowest BCUT2D eigenvalue weighted by Crippen LogP contribution is -2.36. The van der Waals surface area contributed by atoms with Gasteiger partial charge < -0.3 is 10.6 Å². The number of hydrogen-bond acceptors (Lipinski definition) is 2. The van der Waals surface area contributed by atoms with Crippen LogP contribution >= 0.6 is 0 Å². The molecule has 4 nitrogen and oxygen atoms in total. The zero-order chi connectivity index (χ0) is 17.3. The van der Waals surface area contributed by atoms with Crippen LogP contribution < -0.4 is 10.6 Å². The van der Waals surface area contributed by atoms with Crippen LogP contribution in [0.2, 0.25) is 0 Å². The first-order valence-corrected chi connectivity index (χ1v) is 8.18. The Balaban J connectivity index is 1.74. The molecule has 0 radical (unpaired) electrons. The molecule has 1 fully saturated rings. The van der Waals surface area contributed by atoms with Crippen molar-refractivity contribution in [3.63, 3.8) is 0 Å². The molecule has 0 spiro atoms. The average molecular weight is 322 g/mol. The van der Waals surface area contributed by atoms with E-state index in [2.05, 4.69) is 10.6 Å². The fourth-order valence-electron chi connectivity index (χ4n) is 2.81. The molecule has 24 heavy (non-hydrogen) atoms. The molecule has 2 aromatic carbocycles. The Morgan fingerprint density at radius 1 is 0.833 bits per heavy atom. The summed E-state index contributed by atoms with van der Waals surface area (Å²) >= 11 is 0. The van der Waals surface area contributed by atoms with Crippen molar-refractivity contribution in [2.24, 2.45) is 5.41 Å². The molecular formula is C20H22N2O2. The molecule has 2 N–H and O–H groups in total. The van der Waals surface area contributed by atoms with Crippen LogP contribution in [-0.2, 0) is 9.59 Å². The van der Waals surface area contributed by atoms with E-state index in [0.29, 0.717) is 12.8 Å². The molecule has 4 heteroatoms. The molecule has 0 unspecified atom stereocenters. The lowest BCUT2D eigenvalue weighted by atomic mass is 10.0. The van der Waals surface area contributed by atoms with E-state index >= 15 is 0 Å². The van der Waals surface area contributed by atoms with Crippen molar-refractivity contribution in [1.29, 1.82) is 0 Å². The van der Waals surface area contributed by atoms with Gasteiger partial charge in [-0.2, -0.15) is 0 Å². The fourth-order valence-corrected chi connectivity index (χ4v) is 2.81. The topological polar surface area (TPSA) is 58.2 Å². The molecule has 1 saturated carbocycles. The first kappa shape index (κ1) is 16.2. The van der Waals surface area contributed by atoms with Crippen LogP contribution in [0.15, 0.2) is 42.5 Å². The highest BCUT2D eigenvalue weighted by atomic mass is 16.2. The molecule has 0 saturated heterocycles. The molecule has 124 valence electrons. The SMILES string of the molecule is Cc1ccc(NC(=O)C2(C(=O)Nc3c(C)cccc3C)CC2)cc1. The third-order valence-electron chi connectivity index (χ3n) is 4.65. The van der Waals surface area contributed by atoms with Gasteiger partial charge in [0.2, 0.25) is 11.8 Å². The summed E-state index contributed by atoms with van der Waals surface area (Å²) in [6, 6.07) is 13.4. The van der Waals surface area contributed by atoms with Crippen LogP contribution in [0, 0.1) is 26.2 Å². The third-order valence-corrected chi connectivity index (χ3v) is 4.65. The molecule has 0 heterocycles. The van der Waals surface area contributed by atoms with Crippen LogP contribution in [0.3, 0.4) is 0 Å². The summed E-state index contributed by atoms with van der Waals surface area (Å²) in [4.78, 5) is 25.3. The van der Waals surface area contributed by atoms with Gasteiger partial charge in [0.05, 0.1) is 0 Å². The zero-order valence-corrected chi connectivity index (χ0v) is 14.3. The number of para-hydroxylation sites is 1. The number of anilines is 2. The Labute approximate surface area is 142 Å². The standard InChI is InChI=1S/C20H22N2O2/c1-13-7-9-16(10-8-13)21-18(23)20(11-12-20)19(24)22-17-14(2)5-4-6-15(17)3/h4-10H,11-12H2,1-3H3,(H,21,23)(H,22,24). The number of nitrogens with one attached hydrogen (secondary N) is 2. The van der Waals surface area contributed by atoms with Gasteiger partial charge >= 0.3 is 0 Å². The Bertz CT molecular complexity index is 770. The van der Waals surface area contributed by atoms with Gasteiger partial charge in [-0.25, -0.2) is 0 Å². The minimum absolute atomic E-state index is 0.218. The first-order valence-electron chi connectivity index (χ1n) is 8.18. The van der Waals surface area contributed by atoms with E-state index < -0.39 is 5.41 Å². The van der Waals surface area contributed by atoms with Gasteiger partial charge in [-0.1, -0.05) is 35.9 Å². The predicted octanol–water partition coefficient (Wildman–Crippen LogP) is 3.97. The Hall–Kier alpha value is -2.62. The van der Waals surface area contributed by atoms with Crippen LogP contribution in [0.1, 0.15) is 29.5 Å². The van der Waals surface area contributed by atoms with Gasteiger partial charge in [-0.05, 0) is 56.9 Å². The van der Waals surface area contributed by atoms with E-state index in [1.165, 1.54) is 0 Å². The van der Waals surface area contributed by atoms with Gasteiger partial charge in [0, 0.05) is 11.4 Å². The molecule has 0 aliphatic heterocycles. The van der Waals surface area contributed by atoms with Gasteiger partial charge in [0.1, 0.15) is 5.41 Å². The Morgan fingerprint density at radius 2 is 1.38 bits per heavy atom. The van der Waals surface area contributed by atoms with E-state index in [1.807, 2.05) is 63.2 Å². The number of aryl methyl sites for hydroxylation is 3. The maximum absolute atomic E-state index is 12.7. The first-order chi connectivity index (χ1) is 11.4. The lowest BCUT2D eigenvalue weighted by Gasteiger charge is -2.18. The second-order valence-electron chi connectivity index (χ2n) is 6.62. The van der Waals surface area contributed by atoms with Crippen molar-refractivity contribution in [3.05, 3.63) is 59.2 Å². The molecular weight excluding hydrogens is 300 g/mol. The summed E-state index contributed by atoms with van der Waals surface area (Å²) in [6.45, 7) is 5.90. The number of carbonyl (C=O) groups is 2. The maximum atomic E-state index is 12.7. The van der Waals surface area contributed by atoms with E-state index in [1.54, 1.807) is 0 Å². The van der Waals surface area contributed by atoms with E-state index in [-0.39, 0.29) is 11.8 Å². The molecule has 0 bridgehead atoms. The average Bonchev–Trinajstić information content (AvgIpc) is 3.35. The lowest BCUT2D eigenvalue weighted by molar-refractivity contribution is -0.131. The van der Waals surface area contributed by atoms with Crippen molar-refractivity contribution in [2.45, 2.75) is 33.6 Å². The summed E-state index contributed by atoms with van der Waals surface area (Å²) in [7, 11) is 0. The maximum Gasteiger partial charge on any atom is 0.240 e. The van der Waals surface area contributed by atoms with Crippen molar-refractivity contribution in [2.75, 3.05) is 10.6 Å². The second kappa shape index (κ2) is 6.11. The van der Waals surface area contributed by atoms with E-state index in [4.69, 9.17) is 0 Å². The normalized spacial score (nSPS) is 14.8. The van der Waals surface area contributed by atoms with Gasteiger partial charge in [-0.15, -0.1) is 0 Å². The molecule has 3 rings (SSSR count). The smallest absolute Gasteiger partial charge is 0.240 e. The number of rotatable bonds is 4. The van der Waals surface area contributed by atoms with E-state index in [9.17, 15) is 9.59 Å². The largest absolute Gasteiger partial charge is 0.325 e. The number of amides is 2. The van der Waals surface area contributed by atoms with Crippen LogP contribution in [0.4, 0.5) is 11.4 Å². The van der Waals surface area contributed by atoms with Crippen molar-refractivity contribution in [3.8, 4) is 0 Å². The number of carbonyl (C=O) groups excluding carboxylic acids is 2. The molecule has 1 aliphatic rings. The van der Waals surface area contributed by atoms with Gasteiger partial charge in [0.15, 0.2) is 0 Å².